The van der Waals surface area contributed by atoms with Crippen molar-refractivity contribution in [3.63, 3.8) is 0 Å². The third-order valence-electron chi connectivity index (χ3n) is 5.89. The molecule has 39 heavy (non-hydrogen) atoms. The van der Waals surface area contributed by atoms with E-state index in [9.17, 15) is 44.7 Å². The zero-order valence-corrected chi connectivity index (χ0v) is 23.0. The second kappa shape index (κ2) is 17.7. The standard InChI is InChI=1S/C25H40N4O9.ClH/c1-4-15(26)23(36)28-17(10-13(2)3)24(37)29-18(12-30)20(33)21(34)22(35)25(38)27-16(11-19(31)32)14-8-6-5-7-9-14;/h5-9,13,15-18,20-22,30,33-35H,4,10-12,26H2,1-3H3,(H,27,38)(H,28,36)(H,29,37)(H,31,32);1H/t15-,16-,17-,18-,20+,21+,22-;/m0./s1. The Hall–Kier alpha value is -2.81. The zero-order valence-electron chi connectivity index (χ0n) is 22.2. The van der Waals surface area contributed by atoms with E-state index < -0.39 is 79.2 Å². The summed E-state index contributed by atoms with van der Waals surface area (Å²) in [7, 11) is 0. The molecule has 0 fully saturated rings. The molecule has 14 heteroatoms. The smallest absolute Gasteiger partial charge is 0.305 e. The molecule has 0 heterocycles. The molecule has 1 aromatic carbocycles. The van der Waals surface area contributed by atoms with Crippen LogP contribution in [-0.2, 0) is 19.2 Å². The van der Waals surface area contributed by atoms with E-state index >= 15 is 0 Å². The average Bonchev–Trinajstić information content (AvgIpc) is 2.88. The van der Waals surface area contributed by atoms with Gasteiger partial charge in [0.15, 0.2) is 6.10 Å². The molecule has 7 atom stereocenters. The largest absolute Gasteiger partial charge is 0.481 e. The molecule has 0 radical (unpaired) electrons. The molecule has 0 aliphatic heterocycles. The second-order valence-electron chi connectivity index (χ2n) is 9.50. The van der Waals surface area contributed by atoms with Gasteiger partial charge in [-0.05, 0) is 24.3 Å². The summed E-state index contributed by atoms with van der Waals surface area (Å²) in [6.07, 6.45) is -6.37. The number of aliphatic carboxylic acids is 1. The van der Waals surface area contributed by atoms with E-state index in [4.69, 9.17) is 5.73 Å². The number of nitrogens with two attached hydrogens (primary N) is 1. The van der Waals surface area contributed by atoms with Crippen LogP contribution in [0.4, 0.5) is 0 Å². The van der Waals surface area contributed by atoms with Crippen LogP contribution < -0.4 is 21.7 Å². The third-order valence-corrected chi connectivity index (χ3v) is 5.89. The number of hydrogen-bond acceptors (Lipinski definition) is 9. The lowest BCUT2D eigenvalue weighted by molar-refractivity contribution is -0.145. The zero-order chi connectivity index (χ0) is 29.0. The summed E-state index contributed by atoms with van der Waals surface area (Å²) in [5.74, 6) is -3.75. The van der Waals surface area contributed by atoms with Crippen LogP contribution >= 0.6 is 12.4 Å². The van der Waals surface area contributed by atoms with E-state index in [2.05, 4.69) is 16.0 Å². The number of aliphatic hydroxyl groups excluding tert-OH is 4. The summed E-state index contributed by atoms with van der Waals surface area (Å²) < 4.78 is 0. The molecule has 0 aromatic heterocycles. The molecule has 1 aromatic rings. The molecule has 10 N–H and O–H groups in total. The molecule has 0 unspecified atom stereocenters. The summed E-state index contributed by atoms with van der Waals surface area (Å²) in [4.78, 5) is 48.9. The lowest BCUT2D eigenvalue weighted by atomic mass is 9.98. The SMILES string of the molecule is CC[C@H](N)C(=O)N[C@@H](CC(C)C)C(=O)N[C@@H](CO)[C@@H](O)[C@@H](O)[C@H](O)C(=O)N[C@@H](CC(=O)O)c1ccccc1.Cl. The monoisotopic (exact) mass is 576 g/mol. The summed E-state index contributed by atoms with van der Waals surface area (Å²) in [5, 5.41) is 57.5. The van der Waals surface area contributed by atoms with Gasteiger partial charge >= 0.3 is 5.97 Å². The van der Waals surface area contributed by atoms with Gasteiger partial charge in [0.2, 0.25) is 11.8 Å². The highest BCUT2D eigenvalue weighted by atomic mass is 35.5. The molecular formula is C25H41ClN4O9. The Bertz CT molecular complexity index is 922. The van der Waals surface area contributed by atoms with Crippen LogP contribution in [0.25, 0.3) is 0 Å². The van der Waals surface area contributed by atoms with Crippen LogP contribution in [0.2, 0.25) is 0 Å². The van der Waals surface area contributed by atoms with Gasteiger partial charge in [-0.25, -0.2) is 0 Å². The van der Waals surface area contributed by atoms with E-state index in [0.29, 0.717) is 12.0 Å². The van der Waals surface area contributed by atoms with Gasteiger partial charge < -0.3 is 47.2 Å². The highest BCUT2D eigenvalue weighted by molar-refractivity contribution is 5.90. The van der Waals surface area contributed by atoms with Crippen LogP contribution in [0.5, 0.6) is 0 Å². The van der Waals surface area contributed by atoms with Crippen molar-refractivity contribution in [2.24, 2.45) is 11.7 Å². The molecule has 1 rings (SSSR count). The molecule has 0 saturated heterocycles. The highest BCUT2D eigenvalue weighted by Gasteiger charge is 2.37. The number of hydrogen-bond donors (Lipinski definition) is 9. The summed E-state index contributed by atoms with van der Waals surface area (Å²) >= 11 is 0. The van der Waals surface area contributed by atoms with E-state index in [1.807, 2.05) is 13.8 Å². The maximum atomic E-state index is 12.9. The quantitative estimate of drug-likeness (QED) is 0.111. The summed E-state index contributed by atoms with van der Waals surface area (Å²) in [6.45, 7) is 4.46. The number of amides is 3. The Morgan fingerprint density at radius 3 is 1.97 bits per heavy atom. The number of halogens is 1. The lowest BCUT2D eigenvalue weighted by Crippen LogP contribution is -2.60. The average molecular weight is 577 g/mol. The summed E-state index contributed by atoms with van der Waals surface area (Å²) in [6, 6.07) is 3.64. The molecule has 0 aliphatic rings. The van der Waals surface area contributed by atoms with Crippen molar-refractivity contribution in [2.45, 2.75) is 82.5 Å². The van der Waals surface area contributed by atoms with Crippen LogP contribution in [0.3, 0.4) is 0 Å². The number of aliphatic hydroxyl groups is 4. The minimum absolute atomic E-state index is 0. The Morgan fingerprint density at radius 1 is 0.897 bits per heavy atom. The maximum Gasteiger partial charge on any atom is 0.305 e. The lowest BCUT2D eigenvalue weighted by Gasteiger charge is -2.31. The van der Waals surface area contributed by atoms with Crippen LogP contribution in [-0.4, -0.2) is 92.3 Å². The Balaban J connectivity index is 0.0000144. The number of nitrogens with one attached hydrogen (secondary N) is 3. The predicted octanol–water partition coefficient (Wildman–Crippen LogP) is -1.43. The minimum atomic E-state index is -2.23. The van der Waals surface area contributed by atoms with E-state index in [-0.39, 0.29) is 24.7 Å². The van der Waals surface area contributed by atoms with Gasteiger partial charge in [-0.3, -0.25) is 19.2 Å². The fourth-order valence-electron chi connectivity index (χ4n) is 3.64. The maximum absolute atomic E-state index is 12.9. The first-order chi connectivity index (χ1) is 17.8. The van der Waals surface area contributed by atoms with Crippen LogP contribution in [0, 0.1) is 5.92 Å². The van der Waals surface area contributed by atoms with Crippen molar-refractivity contribution in [2.75, 3.05) is 6.61 Å². The van der Waals surface area contributed by atoms with Gasteiger partial charge in [0.1, 0.15) is 18.2 Å². The predicted molar refractivity (Wildman–Crippen MR) is 144 cm³/mol. The van der Waals surface area contributed by atoms with Crippen molar-refractivity contribution >= 4 is 36.1 Å². The number of carbonyl (C=O) groups is 4. The first-order valence-electron chi connectivity index (χ1n) is 12.4. The van der Waals surface area contributed by atoms with Crippen molar-refractivity contribution in [1.82, 2.24) is 16.0 Å². The molecule has 0 spiro atoms. The van der Waals surface area contributed by atoms with Gasteiger partial charge in [0.25, 0.3) is 5.91 Å². The number of carbonyl (C=O) groups excluding carboxylic acids is 3. The van der Waals surface area contributed by atoms with Crippen molar-refractivity contribution in [1.29, 1.82) is 0 Å². The molecule has 0 aliphatic carbocycles. The molecule has 222 valence electrons. The highest BCUT2D eigenvalue weighted by Crippen LogP contribution is 2.17. The topological polar surface area (TPSA) is 232 Å². The number of rotatable bonds is 16. The molecule has 0 bridgehead atoms. The first-order valence-corrected chi connectivity index (χ1v) is 12.4. The Morgan fingerprint density at radius 2 is 1.49 bits per heavy atom. The fourth-order valence-corrected chi connectivity index (χ4v) is 3.64. The fraction of sp³-hybridized carbons (Fsp3) is 0.600. The van der Waals surface area contributed by atoms with E-state index in [1.165, 1.54) is 0 Å². The van der Waals surface area contributed by atoms with Gasteiger partial charge in [-0.2, -0.15) is 0 Å². The van der Waals surface area contributed by atoms with Crippen LogP contribution in [0.15, 0.2) is 30.3 Å². The molecular weight excluding hydrogens is 536 g/mol. The Labute approximate surface area is 233 Å². The second-order valence-corrected chi connectivity index (χ2v) is 9.50. The molecule has 3 amide bonds. The van der Waals surface area contributed by atoms with Gasteiger partial charge in [0.05, 0.1) is 31.2 Å². The van der Waals surface area contributed by atoms with Gasteiger partial charge in [0, 0.05) is 0 Å². The van der Waals surface area contributed by atoms with Crippen molar-refractivity contribution in [3.05, 3.63) is 35.9 Å². The van der Waals surface area contributed by atoms with Crippen molar-refractivity contribution < 1.29 is 44.7 Å². The van der Waals surface area contributed by atoms with Crippen molar-refractivity contribution in [3.8, 4) is 0 Å². The first kappa shape index (κ1) is 36.2. The normalized spacial score (nSPS) is 16.4. The number of carboxylic acid groups (broad SMARTS) is 1. The minimum Gasteiger partial charge on any atom is -0.481 e. The van der Waals surface area contributed by atoms with Gasteiger partial charge in [-0.1, -0.05) is 51.1 Å². The molecule has 0 saturated carbocycles. The molecule has 13 nitrogen and oxygen atoms in total. The van der Waals surface area contributed by atoms with E-state index in [0.717, 1.165) is 0 Å². The van der Waals surface area contributed by atoms with Crippen LogP contribution in [0.1, 0.15) is 51.6 Å². The number of benzene rings is 1. The van der Waals surface area contributed by atoms with E-state index in [1.54, 1.807) is 37.3 Å². The number of carboxylic acids is 1. The third kappa shape index (κ3) is 11.9. The summed E-state index contributed by atoms with van der Waals surface area (Å²) in [5.41, 5.74) is 6.15. The van der Waals surface area contributed by atoms with Gasteiger partial charge in [-0.15, -0.1) is 12.4 Å². The Kier molecular flexibility index (Phi) is 16.4.